The molecule has 1 saturated carbocycles. The maximum absolute atomic E-state index is 6.61. The number of halogens is 2. The van der Waals surface area contributed by atoms with E-state index in [0.29, 0.717) is 17.2 Å². The van der Waals surface area contributed by atoms with Crippen LogP contribution in [0.3, 0.4) is 0 Å². The molecule has 0 nitrogen and oxygen atoms in total. The largest absolute Gasteiger partial charge is 0.123 e. The van der Waals surface area contributed by atoms with Crippen LogP contribution in [-0.2, 0) is 6.42 Å². The Kier molecular flexibility index (Phi) is 5.03. The van der Waals surface area contributed by atoms with Crippen LogP contribution >= 0.6 is 27.5 Å². The fraction of sp³-hybridized carbons (Fsp3) is 0.368. The van der Waals surface area contributed by atoms with Crippen LogP contribution in [0.1, 0.15) is 36.3 Å². The van der Waals surface area contributed by atoms with Gasteiger partial charge in [-0.15, -0.1) is 11.6 Å². The van der Waals surface area contributed by atoms with Crippen molar-refractivity contribution in [2.45, 2.75) is 37.0 Å². The number of rotatable bonds is 3. The normalized spacial score (nSPS) is 25.7. The Balaban J connectivity index is 1.72. The lowest BCUT2D eigenvalue weighted by Gasteiger charge is -2.33. The van der Waals surface area contributed by atoms with E-state index in [2.05, 4.69) is 70.5 Å². The second-order valence-corrected chi connectivity index (χ2v) is 7.51. The van der Waals surface area contributed by atoms with Crippen molar-refractivity contribution in [3.05, 3.63) is 70.2 Å². The summed E-state index contributed by atoms with van der Waals surface area (Å²) >= 11 is 10.2. The predicted molar refractivity (Wildman–Crippen MR) is 94.0 cm³/mol. The molecule has 3 atom stereocenters. The fourth-order valence-electron chi connectivity index (χ4n) is 3.43. The highest BCUT2D eigenvalue weighted by atomic mass is 79.9. The first-order valence-electron chi connectivity index (χ1n) is 7.66. The molecule has 1 aliphatic rings. The molecule has 0 radical (unpaired) electrons. The maximum Gasteiger partial charge on any atom is 0.0367 e. The molecule has 0 amide bonds. The van der Waals surface area contributed by atoms with Gasteiger partial charge in [-0.2, -0.15) is 0 Å². The van der Waals surface area contributed by atoms with Gasteiger partial charge in [-0.05, 0) is 60.8 Å². The van der Waals surface area contributed by atoms with Gasteiger partial charge in [0, 0.05) is 9.85 Å². The molecular formula is C19H20BrCl. The van der Waals surface area contributed by atoms with E-state index in [0.717, 1.165) is 17.3 Å². The van der Waals surface area contributed by atoms with Crippen molar-refractivity contribution in [2.24, 2.45) is 5.92 Å². The van der Waals surface area contributed by atoms with Gasteiger partial charge in [0.25, 0.3) is 0 Å². The lowest BCUT2D eigenvalue weighted by atomic mass is 9.75. The highest BCUT2D eigenvalue weighted by Gasteiger charge is 2.29. The van der Waals surface area contributed by atoms with E-state index in [1.807, 2.05) is 0 Å². The summed E-state index contributed by atoms with van der Waals surface area (Å²) < 4.78 is 1.15. The summed E-state index contributed by atoms with van der Waals surface area (Å²) in [4.78, 5) is 0. The van der Waals surface area contributed by atoms with Gasteiger partial charge in [-0.1, -0.05) is 58.4 Å². The Bertz CT molecular complexity index is 581. The van der Waals surface area contributed by atoms with Gasteiger partial charge in [0.05, 0.1) is 0 Å². The van der Waals surface area contributed by atoms with Gasteiger partial charge in [-0.3, -0.25) is 0 Å². The van der Waals surface area contributed by atoms with Crippen LogP contribution in [-0.4, -0.2) is 5.38 Å². The van der Waals surface area contributed by atoms with Gasteiger partial charge in [-0.25, -0.2) is 0 Å². The van der Waals surface area contributed by atoms with E-state index < -0.39 is 0 Å². The van der Waals surface area contributed by atoms with E-state index in [-0.39, 0.29) is 0 Å². The van der Waals surface area contributed by atoms with Crippen molar-refractivity contribution in [2.75, 3.05) is 0 Å². The molecule has 0 aliphatic heterocycles. The summed E-state index contributed by atoms with van der Waals surface area (Å²) in [5.74, 6) is 1.23. The van der Waals surface area contributed by atoms with E-state index in [9.17, 15) is 0 Å². The number of hydrogen-bond donors (Lipinski definition) is 0. The molecule has 3 unspecified atom stereocenters. The average Bonchev–Trinajstić information content (AvgIpc) is 2.50. The molecule has 1 aliphatic carbocycles. The van der Waals surface area contributed by atoms with Crippen LogP contribution < -0.4 is 0 Å². The van der Waals surface area contributed by atoms with Gasteiger partial charge >= 0.3 is 0 Å². The van der Waals surface area contributed by atoms with Crippen LogP contribution in [0.2, 0.25) is 0 Å². The van der Waals surface area contributed by atoms with Crippen molar-refractivity contribution >= 4 is 27.5 Å². The maximum atomic E-state index is 6.61. The number of alkyl halides is 1. The molecule has 0 aromatic heterocycles. The van der Waals surface area contributed by atoms with Crippen LogP contribution in [0.25, 0.3) is 0 Å². The summed E-state index contributed by atoms with van der Waals surface area (Å²) in [6, 6.07) is 19.5. The third-order valence-electron chi connectivity index (χ3n) is 4.55. The summed E-state index contributed by atoms with van der Waals surface area (Å²) in [6.07, 6.45) is 4.62. The van der Waals surface area contributed by atoms with Crippen molar-refractivity contribution < 1.29 is 0 Å². The zero-order chi connectivity index (χ0) is 14.7. The minimum atomic E-state index is 0.309. The van der Waals surface area contributed by atoms with Gasteiger partial charge in [0.1, 0.15) is 0 Å². The first-order chi connectivity index (χ1) is 10.2. The smallest absolute Gasteiger partial charge is 0.0367 e. The third kappa shape index (κ3) is 3.90. The van der Waals surface area contributed by atoms with E-state index in [1.54, 1.807) is 0 Å². The fourth-order valence-corrected chi connectivity index (χ4v) is 4.20. The lowest BCUT2D eigenvalue weighted by molar-refractivity contribution is 0.326. The van der Waals surface area contributed by atoms with Gasteiger partial charge in [0.2, 0.25) is 0 Å². The zero-order valence-corrected chi connectivity index (χ0v) is 14.4. The predicted octanol–water partition coefficient (Wildman–Crippen LogP) is 6.18. The first kappa shape index (κ1) is 15.1. The second-order valence-electron chi connectivity index (χ2n) is 6.03. The molecule has 0 spiro atoms. The molecule has 1 fully saturated rings. The molecule has 2 aromatic carbocycles. The SMILES string of the molecule is ClC1CCC(c2ccccc2)CC1Cc1cccc(Br)c1. The molecule has 2 heteroatoms. The first-order valence-corrected chi connectivity index (χ1v) is 8.89. The van der Waals surface area contributed by atoms with Crippen molar-refractivity contribution in [1.82, 2.24) is 0 Å². The highest BCUT2D eigenvalue weighted by Crippen LogP contribution is 2.40. The summed E-state index contributed by atoms with van der Waals surface area (Å²) in [6.45, 7) is 0. The second kappa shape index (κ2) is 6.98. The topological polar surface area (TPSA) is 0 Å². The standard InChI is InChI=1S/C19H20BrCl/c20-18-8-4-5-14(12-18)11-17-13-16(9-10-19(17)21)15-6-2-1-3-7-15/h1-8,12,16-17,19H,9-11,13H2. The minimum Gasteiger partial charge on any atom is -0.123 e. The van der Waals surface area contributed by atoms with Crippen LogP contribution in [0.15, 0.2) is 59.1 Å². The Labute approximate surface area is 140 Å². The van der Waals surface area contributed by atoms with Crippen LogP contribution in [0.5, 0.6) is 0 Å². The average molecular weight is 364 g/mol. The Morgan fingerprint density at radius 1 is 1.00 bits per heavy atom. The van der Waals surface area contributed by atoms with Crippen molar-refractivity contribution in [3.8, 4) is 0 Å². The molecule has 3 rings (SSSR count). The summed E-state index contributed by atoms with van der Waals surface area (Å²) in [5.41, 5.74) is 2.86. The quantitative estimate of drug-likeness (QED) is 0.571. The highest BCUT2D eigenvalue weighted by molar-refractivity contribution is 9.10. The Morgan fingerprint density at radius 3 is 2.57 bits per heavy atom. The van der Waals surface area contributed by atoms with E-state index in [1.165, 1.54) is 24.0 Å². The van der Waals surface area contributed by atoms with Crippen LogP contribution in [0.4, 0.5) is 0 Å². The lowest BCUT2D eigenvalue weighted by Crippen LogP contribution is -2.26. The van der Waals surface area contributed by atoms with E-state index in [4.69, 9.17) is 11.6 Å². The Morgan fingerprint density at radius 2 is 1.81 bits per heavy atom. The molecular weight excluding hydrogens is 344 g/mol. The summed E-state index contributed by atoms with van der Waals surface area (Å²) in [7, 11) is 0. The van der Waals surface area contributed by atoms with Crippen molar-refractivity contribution in [1.29, 1.82) is 0 Å². The number of benzene rings is 2. The molecule has 110 valence electrons. The van der Waals surface area contributed by atoms with Gasteiger partial charge < -0.3 is 0 Å². The van der Waals surface area contributed by atoms with Crippen molar-refractivity contribution in [3.63, 3.8) is 0 Å². The molecule has 0 bridgehead atoms. The number of hydrogen-bond acceptors (Lipinski definition) is 0. The molecule has 21 heavy (non-hydrogen) atoms. The summed E-state index contributed by atoms with van der Waals surface area (Å²) in [5, 5.41) is 0.309. The van der Waals surface area contributed by atoms with E-state index >= 15 is 0 Å². The minimum absolute atomic E-state index is 0.309. The van der Waals surface area contributed by atoms with Gasteiger partial charge in [0.15, 0.2) is 0 Å². The molecule has 2 aromatic rings. The third-order valence-corrected chi connectivity index (χ3v) is 5.62. The Hall–Kier alpha value is -0.790. The molecule has 0 heterocycles. The molecule has 0 saturated heterocycles. The zero-order valence-electron chi connectivity index (χ0n) is 12.0. The molecule has 0 N–H and O–H groups in total. The van der Waals surface area contributed by atoms with Crippen LogP contribution in [0, 0.1) is 5.92 Å². The monoisotopic (exact) mass is 362 g/mol.